The first-order valence-corrected chi connectivity index (χ1v) is 4.47. The van der Waals surface area contributed by atoms with E-state index in [4.69, 9.17) is 20.4 Å². The molecular formula is C9H24O4. The summed E-state index contributed by atoms with van der Waals surface area (Å²) < 4.78 is 0. The lowest BCUT2D eigenvalue weighted by molar-refractivity contribution is 0.0857. The van der Waals surface area contributed by atoms with Gasteiger partial charge in [-0.05, 0) is 0 Å². The zero-order valence-electron chi connectivity index (χ0n) is 9.12. The van der Waals surface area contributed by atoms with Crippen LogP contribution in [0.25, 0.3) is 0 Å². The molecule has 0 unspecified atom stereocenters. The zero-order chi connectivity index (χ0) is 11.3. The van der Waals surface area contributed by atoms with Crippen molar-refractivity contribution in [1.29, 1.82) is 0 Å². The lowest BCUT2D eigenvalue weighted by Crippen LogP contribution is -2.20. The van der Waals surface area contributed by atoms with Crippen LogP contribution in [0.1, 0.15) is 27.7 Å². The van der Waals surface area contributed by atoms with Gasteiger partial charge in [0.1, 0.15) is 0 Å². The van der Waals surface area contributed by atoms with Crippen molar-refractivity contribution < 1.29 is 20.4 Å². The molecule has 0 atom stereocenters. The average Bonchev–Trinajstić information content (AvgIpc) is 2.21. The Morgan fingerprint density at radius 3 is 1.00 bits per heavy atom. The van der Waals surface area contributed by atoms with Crippen molar-refractivity contribution in [2.45, 2.75) is 27.7 Å². The van der Waals surface area contributed by atoms with Crippen LogP contribution >= 0.6 is 0 Å². The minimum atomic E-state index is -0.306. The zero-order valence-corrected chi connectivity index (χ0v) is 9.12. The van der Waals surface area contributed by atoms with Crippen molar-refractivity contribution in [3.05, 3.63) is 0 Å². The van der Waals surface area contributed by atoms with E-state index < -0.39 is 0 Å². The minimum absolute atomic E-state index is 0.0451. The summed E-state index contributed by atoms with van der Waals surface area (Å²) in [6, 6.07) is 0. The molecule has 0 saturated heterocycles. The van der Waals surface area contributed by atoms with Crippen LogP contribution in [0.15, 0.2) is 0 Å². The first-order valence-electron chi connectivity index (χ1n) is 4.47. The molecular weight excluding hydrogens is 172 g/mol. The number of aliphatic hydroxyl groups excluding tert-OH is 4. The highest BCUT2D eigenvalue weighted by atomic mass is 16.3. The molecule has 4 N–H and O–H groups in total. The van der Waals surface area contributed by atoms with Gasteiger partial charge < -0.3 is 20.4 Å². The van der Waals surface area contributed by atoms with Crippen LogP contribution in [-0.2, 0) is 0 Å². The average molecular weight is 196 g/mol. The molecule has 0 aromatic carbocycles. The Morgan fingerprint density at radius 1 is 0.769 bits per heavy atom. The van der Waals surface area contributed by atoms with Crippen molar-refractivity contribution in [2.24, 2.45) is 5.41 Å². The van der Waals surface area contributed by atoms with Gasteiger partial charge in [-0.1, -0.05) is 27.7 Å². The number of hydrogen-bond donors (Lipinski definition) is 4. The molecule has 0 aliphatic carbocycles. The maximum absolute atomic E-state index is 8.43. The van der Waals surface area contributed by atoms with Gasteiger partial charge in [-0.2, -0.15) is 0 Å². The van der Waals surface area contributed by atoms with E-state index in [0.717, 1.165) is 0 Å². The largest absolute Gasteiger partial charge is 0.396 e. The van der Waals surface area contributed by atoms with Crippen LogP contribution in [0.5, 0.6) is 0 Å². The minimum Gasteiger partial charge on any atom is -0.396 e. The summed E-state index contributed by atoms with van der Waals surface area (Å²) in [7, 11) is 0. The monoisotopic (exact) mass is 196 g/mol. The van der Waals surface area contributed by atoms with Gasteiger partial charge in [-0.3, -0.25) is 0 Å². The van der Waals surface area contributed by atoms with E-state index in [-0.39, 0.29) is 31.8 Å². The summed E-state index contributed by atoms with van der Waals surface area (Å²) in [5, 5.41) is 32.1. The van der Waals surface area contributed by atoms with Crippen LogP contribution in [0.2, 0.25) is 0 Å². The molecule has 0 spiro atoms. The van der Waals surface area contributed by atoms with Crippen molar-refractivity contribution in [3.8, 4) is 0 Å². The Balaban J connectivity index is -0.000000142. The van der Waals surface area contributed by atoms with E-state index in [1.54, 1.807) is 13.8 Å². The normalized spacial score (nSPS) is 9.23. The third-order valence-corrected chi connectivity index (χ3v) is 0.956. The van der Waals surface area contributed by atoms with Crippen molar-refractivity contribution >= 4 is 0 Å². The highest BCUT2D eigenvalue weighted by Crippen LogP contribution is 2.10. The number of rotatable bonds is 3. The molecule has 0 aliphatic rings. The van der Waals surface area contributed by atoms with Gasteiger partial charge in [0.05, 0.1) is 26.4 Å². The molecule has 0 aromatic rings. The Morgan fingerprint density at radius 2 is 1.00 bits per heavy atom. The van der Waals surface area contributed by atoms with Gasteiger partial charge in [0.25, 0.3) is 0 Å². The van der Waals surface area contributed by atoms with E-state index in [2.05, 4.69) is 0 Å². The highest BCUT2D eigenvalue weighted by Gasteiger charge is 2.13. The molecule has 0 fully saturated rings. The maximum Gasteiger partial charge on any atom is 0.0662 e. The fourth-order valence-corrected chi connectivity index (χ4v) is 0.0500. The van der Waals surface area contributed by atoms with Crippen molar-refractivity contribution in [3.63, 3.8) is 0 Å². The van der Waals surface area contributed by atoms with Crippen LogP contribution in [0.3, 0.4) is 0 Å². The number of hydrogen-bond acceptors (Lipinski definition) is 4. The van der Waals surface area contributed by atoms with Crippen LogP contribution in [0, 0.1) is 5.41 Å². The van der Waals surface area contributed by atoms with Gasteiger partial charge >= 0.3 is 0 Å². The van der Waals surface area contributed by atoms with Gasteiger partial charge in [0.15, 0.2) is 0 Å². The summed E-state index contributed by atoms with van der Waals surface area (Å²) in [5.41, 5.74) is -0.306. The summed E-state index contributed by atoms with van der Waals surface area (Å²) in [4.78, 5) is 0. The summed E-state index contributed by atoms with van der Waals surface area (Å²) >= 11 is 0. The smallest absolute Gasteiger partial charge is 0.0662 e. The summed E-state index contributed by atoms with van der Waals surface area (Å²) in [5.74, 6) is 0. The standard InChI is InChI=1S/C5H12O2.C2H6O2.C2H6/c1-5(2,3-6)4-7;3-1-2-4;1-2/h6-7H,3-4H2,1-2H3;3-4H,1-2H2;1-2H3. The van der Waals surface area contributed by atoms with E-state index in [0.29, 0.717) is 0 Å². The predicted molar refractivity (Wildman–Crippen MR) is 53.5 cm³/mol. The van der Waals surface area contributed by atoms with E-state index in [9.17, 15) is 0 Å². The second kappa shape index (κ2) is 14.4. The topological polar surface area (TPSA) is 80.9 Å². The summed E-state index contributed by atoms with van der Waals surface area (Å²) in [6.07, 6.45) is 0. The Bertz CT molecular complexity index is 66.0. The molecule has 0 aliphatic heterocycles. The molecule has 0 bridgehead atoms. The van der Waals surface area contributed by atoms with E-state index in [1.807, 2.05) is 13.8 Å². The number of aliphatic hydroxyl groups is 4. The molecule has 0 heterocycles. The molecule has 0 radical (unpaired) electrons. The molecule has 4 nitrogen and oxygen atoms in total. The maximum atomic E-state index is 8.43. The molecule has 0 amide bonds. The Labute approximate surface area is 80.8 Å². The molecule has 13 heavy (non-hydrogen) atoms. The Kier molecular flexibility index (Phi) is 20.5. The first-order chi connectivity index (χ1) is 6.04. The highest BCUT2D eigenvalue weighted by molar-refractivity contribution is 4.62. The van der Waals surface area contributed by atoms with Crippen molar-refractivity contribution in [2.75, 3.05) is 26.4 Å². The molecule has 84 valence electrons. The second-order valence-electron chi connectivity index (χ2n) is 2.93. The Hall–Kier alpha value is -0.160. The van der Waals surface area contributed by atoms with Gasteiger partial charge in [-0.15, -0.1) is 0 Å². The third-order valence-electron chi connectivity index (χ3n) is 0.956. The fourth-order valence-electron chi connectivity index (χ4n) is 0.0500. The molecule has 0 rings (SSSR count). The lowest BCUT2D eigenvalue weighted by atomic mass is 9.97. The molecule has 0 saturated carbocycles. The third kappa shape index (κ3) is 24.5. The van der Waals surface area contributed by atoms with Gasteiger partial charge in [-0.25, -0.2) is 0 Å². The van der Waals surface area contributed by atoms with Crippen LogP contribution in [0.4, 0.5) is 0 Å². The quantitative estimate of drug-likeness (QED) is 0.512. The predicted octanol–water partition coefficient (Wildman–Crippen LogP) is -0.00560. The van der Waals surface area contributed by atoms with Gasteiger partial charge in [0.2, 0.25) is 0 Å². The summed E-state index contributed by atoms with van der Waals surface area (Å²) in [6.45, 7) is 7.44. The van der Waals surface area contributed by atoms with Gasteiger partial charge in [0, 0.05) is 5.41 Å². The van der Waals surface area contributed by atoms with E-state index in [1.165, 1.54) is 0 Å². The lowest BCUT2D eigenvalue weighted by Gasteiger charge is -2.16. The van der Waals surface area contributed by atoms with E-state index >= 15 is 0 Å². The van der Waals surface area contributed by atoms with Crippen LogP contribution in [-0.4, -0.2) is 46.9 Å². The van der Waals surface area contributed by atoms with Crippen LogP contribution < -0.4 is 0 Å². The second-order valence-corrected chi connectivity index (χ2v) is 2.93. The first kappa shape index (κ1) is 18.6. The molecule has 0 aromatic heterocycles. The fraction of sp³-hybridized carbons (Fsp3) is 1.00. The van der Waals surface area contributed by atoms with Crippen molar-refractivity contribution in [1.82, 2.24) is 0 Å². The SMILES string of the molecule is CC.CC(C)(CO)CO.OCCO. The molecule has 4 heteroatoms.